The van der Waals surface area contributed by atoms with Crippen molar-refractivity contribution in [2.75, 3.05) is 20.2 Å². The fraction of sp³-hybridized carbons (Fsp3) is 0.500. The second-order valence-corrected chi connectivity index (χ2v) is 6.81. The minimum atomic E-state index is -0.524. The highest BCUT2D eigenvalue weighted by atomic mass is 32.1. The summed E-state index contributed by atoms with van der Waals surface area (Å²) in [5.74, 6) is 1.35. The van der Waals surface area contributed by atoms with Crippen LogP contribution in [0.25, 0.3) is 10.8 Å². The standard InChI is InChI=1S/C16H20N2O4S/c1-10-4-5-13(21-10)15-17-6-12(23-15)8-18-7-11(2)22-14(9-18)16(19)20-3/h4-6,11,14H,7-9H2,1-3H3/t11-,14?/m1/s1. The highest BCUT2D eigenvalue weighted by molar-refractivity contribution is 7.14. The number of methoxy groups -OCH3 is 1. The maximum absolute atomic E-state index is 11.7. The molecular weight excluding hydrogens is 316 g/mol. The maximum Gasteiger partial charge on any atom is 0.336 e. The van der Waals surface area contributed by atoms with Gasteiger partial charge in [-0.25, -0.2) is 9.78 Å². The van der Waals surface area contributed by atoms with Gasteiger partial charge in [0, 0.05) is 30.7 Å². The largest absolute Gasteiger partial charge is 0.467 e. The lowest BCUT2D eigenvalue weighted by Gasteiger charge is -2.35. The van der Waals surface area contributed by atoms with Crippen LogP contribution in [0.2, 0.25) is 0 Å². The van der Waals surface area contributed by atoms with Gasteiger partial charge in [0.05, 0.1) is 13.2 Å². The van der Waals surface area contributed by atoms with Gasteiger partial charge in [0.15, 0.2) is 16.9 Å². The van der Waals surface area contributed by atoms with E-state index in [1.165, 1.54) is 7.11 Å². The number of rotatable bonds is 4. The Hall–Kier alpha value is -1.70. The molecule has 0 amide bonds. The van der Waals surface area contributed by atoms with E-state index in [0.29, 0.717) is 6.54 Å². The summed E-state index contributed by atoms with van der Waals surface area (Å²) in [7, 11) is 1.39. The van der Waals surface area contributed by atoms with Gasteiger partial charge in [0.2, 0.25) is 0 Å². The first kappa shape index (κ1) is 16.2. The molecule has 1 saturated heterocycles. The van der Waals surface area contributed by atoms with Gasteiger partial charge in [0.1, 0.15) is 5.76 Å². The van der Waals surface area contributed by atoms with Crippen LogP contribution in [0.15, 0.2) is 22.7 Å². The number of thiazole rings is 1. The summed E-state index contributed by atoms with van der Waals surface area (Å²) in [6.07, 6.45) is 1.34. The molecule has 124 valence electrons. The van der Waals surface area contributed by atoms with Gasteiger partial charge in [-0.15, -0.1) is 11.3 Å². The van der Waals surface area contributed by atoms with Crippen molar-refractivity contribution >= 4 is 17.3 Å². The average molecular weight is 336 g/mol. The van der Waals surface area contributed by atoms with Gasteiger partial charge in [-0.1, -0.05) is 0 Å². The van der Waals surface area contributed by atoms with Crippen molar-refractivity contribution < 1.29 is 18.7 Å². The molecule has 0 aromatic carbocycles. The van der Waals surface area contributed by atoms with Crippen molar-refractivity contribution in [2.24, 2.45) is 0 Å². The molecule has 23 heavy (non-hydrogen) atoms. The number of carbonyl (C=O) groups excluding carboxylic acids is 1. The molecule has 1 unspecified atom stereocenters. The van der Waals surface area contributed by atoms with Crippen molar-refractivity contribution in [3.8, 4) is 10.8 Å². The third kappa shape index (κ3) is 3.80. The summed E-state index contributed by atoms with van der Waals surface area (Å²) in [5, 5.41) is 0.874. The number of aryl methyl sites for hydroxylation is 1. The van der Waals surface area contributed by atoms with E-state index < -0.39 is 6.10 Å². The molecule has 0 saturated carbocycles. The Bertz CT molecular complexity index is 681. The van der Waals surface area contributed by atoms with Crippen molar-refractivity contribution in [1.29, 1.82) is 0 Å². The predicted molar refractivity (Wildman–Crippen MR) is 86.2 cm³/mol. The number of morpholine rings is 1. The molecule has 6 nitrogen and oxygen atoms in total. The van der Waals surface area contributed by atoms with Gasteiger partial charge in [-0.05, 0) is 26.0 Å². The van der Waals surface area contributed by atoms with E-state index in [2.05, 4.69) is 9.88 Å². The molecule has 3 rings (SSSR count). The molecule has 0 spiro atoms. The Morgan fingerprint density at radius 1 is 1.48 bits per heavy atom. The van der Waals surface area contributed by atoms with Gasteiger partial charge >= 0.3 is 5.97 Å². The molecule has 1 fully saturated rings. The number of nitrogens with zero attached hydrogens (tertiary/aromatic N) is 2. The summed E-state index contributed by atoms with van der Waals surface area (Å²) in [6, 6.07) is 3.86. The lowest BCUT2D eigenvalue weighted by atomic mass is 10.2. The van der Waals surface area contributed by atoms with Gasteiger partial charge in [0.25, 0.3) is 0 Å². The van der Waals surface area contributed by atoms with Gasteiger partial charge in [-0.3, -0.25) is 4.90 Å². The summed E-state index contributed by atoms with van der Waals surface area (Å²) in [4.78, 5) is 19.5. The number of furan rings is 1. The van der Waals surface area contributed by atoms with Crippen molar-refractivity contribution in [2.45, 2.75) is 32.6 Å². The topological polar surface area (TPSA) is 64.8 Å². The van der Waals surface area contributed by atoms with Crippen LogP contribution in [0.1, 0.15) is 17.6 Å². The summed E-state index contributed by atoms with van der Waals surface area (Å²) < 4.78 is 16.0. The third-order valence-corrected chi connectivity index (χ3v) is 4.68. The van der Waals surface area contributed by atoms with Crippen LogP contribution < -0.4 is 0 Å². The zero-order valence-corrected chi connectivity index (χ0v) is 14.3. The molecule has 2 atom stereocenters. The van der Waals surface area contributed by atoms with Crippen LogP contribution in [0.4, 0.5) is 0 Å². The van der Waals surface area contributed by atoms with E-state index in [-0.39, 0.29) is 12.1 Å². The molecule has 1 aliphatic heterocycles. The third-order valence-electron chi connectivity index (χ3n) is 3.68. The van der Waals surface area contributed by atoms with Gasteiger partial charge in [-0.2, -0.15) is 0 Å². The minimum Gasteiger partial charge on any atom is -0.467 e. The Labute approximate surface area is 139 Å². The second-order valence-electron chi connectivity index (χ2n) is 5.69. The second kappa shape index (κ2) is 6.82. The first-order valence-electron chi connectivity index (χ1n) is 7.52. The molecule has 7 heteroatoms. The SMILES string of the molecule is COC(=O)C1CN(Cc2cnc(-c3ccc(C)o3)s2)C[C@@H](C)O1. The molecular formula is C16H20N2O4S. The molecule has 3 heterocycles. The Morgan fingerprint density at radius 2 is 2.30 bits per heavy atom. The molecule has 2 aromatic rings. The lowest BCUT2D eigenvalue weighted by Crippen LogP contribution is -2.49. The summed E-state index contributed by atoms with van der Waals surface area (Å²) in [5.41, 5.74) is 0. The average Bonchev–Trinajstić information content (AvgIpc) is 3.14. The van der Waals surface area contributed by atoms with E-state index >= 15 is 0 Å². The number of carbonyl (C=O) groups is 1. The van der Waals surface area contributed by atoms with E-state index in [9.17, 15) is 4.79 Å². The highest BCUT2D eigenvalue weighted by Gasteiger charge is 2.31. The monoisotopic (exact) mass is 336 g/mol. The maximum atomic E-state index is 11.7. The smallest absolute Gasteiger partial charge is 0.336 e. The predicted octanol–water partition coefficient (Wildman–Crippen LogP) is 2.47. The molecule has 0 bridgehead atoms. The lowest BCUT2D eigenvalue weighted by molar-refractivity contribution is -0.166. The zero-order valence-electron chi connectivity index (χ0n) is 13.4. The number of hydrogen-bond donors (Lipinski definition) is 0. The first-order valence-corrected chi connectivity index (χ1v) is 8.34. The van der Waals surface area contributed by atoms with Crippen LogP contribution in [0, 0.1) is 6.92 Å². The van der Waals surface area contributed by atoms with Crippen LogP contribution in [-0.4, -0.2) is 48.3 Å². The minimum absolute atomic E-state index is 0.00651. The van der Waals surface area contributed by atoms with Crippen LogP contribution >= 0.6 is 11.3 Å². The normalized spacial score (nSPS) is 22.2. The number of esters is 1. The quantitative estimate of drug-likeness (QED) is 0.799. The van der Waals surface area contributed by atoms with Crippen molar-refractivity contribution in [3.63, 3.8) is 0 Å². The van der Waals surface area contributed by atoms with E-state index in [1.807, 2.05) is 32.2 Å². The first-order chi connectivity index (χ1) is 11.0. The fourth-order valence-corrected chi connectivity index (χ4v) is 3.61. The Balaban J connectivity index is 1.67. The zero-order chi connectivity index (χ0) is 16.4. The van der Waals surface area contributed by atoms with Crippen LogP contribution in [-0.2, 0) is 20.8 Å². The van der Waals surface area contributed by atoms with E-state index in [1.54, 1.807) is 11.3 Å². The summed E-state index contributed by atoms with van der Waals surface area (Å²) in [6.45, 7) is 5.93. The molecule has 2 aromatic heterocycles. The highest BCUT2D eigenvalue weighted by Crippen LogP contribution is 2.28. The number of ether oxygens (including phenoxy) is 2. The van der Waals surface area contributed by atoms with Crippen LogP contribution in [0.5, 0.6) is 0 Å². The molecule has 0 N–H and O–H groups in total. The van der Waals surface area contributed by atoms with E-state index in [4.69, 9.17) is 13.9 Å². The number of aromatic nitrogens is 1. The molecule has 0 radical (unpaired) electrons. The van der Waals surface area contributed by atoms with Crippen molar-refractivity contribution in [1.82, 2.24) is 9.88 Å². The van der Waals surface area contributed by atoms with E-state index in [0.717, 1.165) is 34.5 Å². The molecule has 1 aliphatic rings. The van der Waals surface area contributed by atoms with Crippen LogP contribution in [0.3, 0.4) is 0 Å². The summed E-state index contributed by atoms with van der Waals surface area (Å²) >= 11 is 1.61. The number of hydrogen-bond acceptors (Lipinski definition) is 7. The Morgan fingerprint density at radius 3 is 3.00 bits per heavy atom. The Kier molecular flexibility index (Phi) is 4.79. The van der Waals surface area contributed by atoms with Crippen molar-refractivity contribution in [3.05, 3.63) is 29.0 Å². The van der Waals surface area contributed by atoms with Gasteiger partial charge < -0.3 is 13.9 Å². The fourth-order valence-electron chi connectivity index (χ4n) is 2.69. The molecule has 0 aliphatic carbocycles.